The van der Waals surface area contributed by atoms with E-state index in [9.17, 15) is 4.79 Å². The third-order valence-corrected chi connectivity index (χ3v) is 2.21. The van der Waals surface area contributed by atoms with Crippen LogP contribution in [0.4, 0.5) is 10.5 Å². The summed E-state index contributed by atoms with van der Waals surface area (Å²) < 4.78 is 0. The lowest BCUT2D eigenvalue weighted by molar-refractivity contribution is 0.166. The highest BCUT2D eigenvalue weighted by atomic mass is 35.5. The number of nitrogens with zero attached hydrogens (tertiary/aromatic N) is 1. The largest absolute Gasteiger partial charge is 0.437 e. The summed E-state index contributed by atoms with van der Waals surface area (Å²) >= 11 is 5.70. The van der Waals surface area contributed by atoms with Gasteiger partial charge in [0.15, 0.2) is 0 Å². The van der Waals surface area contributed by atoms with Gasteiger partial charge < -0.3 is 0 Å². The van der Waals surface area contributed by atoms with E-state index >= 15 is 0 Å². The van der Waals surface area contributed by atoms with Crippen LogP contribution in [0.25, 0.3) is 0 Å². The highest BCUT2D eigenvalue weighted by molar-refractivity contribution is 6.65. The number of hydrogen-bond acceptors (Lipinski definition) is 3. The van der Waals surface area contributed by atoms with Crippen LogP contribution in [-0.2, 0) is 4.84 Å². The van der Waals surface area contributed by atoms with Gasteiger partial charge in [0.05, 0.1) is 0 Å². The zero-order valence-electron chi connectivity index (χ0n) is 9.87. The average Bonchev–Trinajstić information content (AvgIpc) is 2.27. The third kappa shape index (κ3) is 5.36. The van der Waals surface area contributed by atoms with Gasteiger partial charge >= 0.3 is 6.09 Å². The maximum absolute atomic E-state index is 11.3. The number of benzene rings is 1. The number of amides is 1. The molecule has 0 heterocycles. The molecule has 0 bridgehead atoms. The summed E-state index contributed by atoms with van der Waals surface area (Å²) in [6.07, 6.45) is 0.801. The van der Waals surface area contributed by atoms with Gasteiger partial charge in [-0.3, -0.25) is 10.2 Å². The summed E-state index contributed by atoms with van der Waals surface area (Å²) in [6.45, 7) is 3.90. The Morgan fingerprint density at radius 3 is 2.94 bits per heavy atom. The fraction of sp³-hybridized carbons (Fsp3) is 0.333. The number of oxime groups is 1. The van der Waals surface area contributed by atoms with Crippen molar-refractivity contribution < 1.29 is 9.63 Å². The molecule has 17 heavy (non-hydrogen) atoms. The standard InChI is InChI=1S/C12H15ClN2O2/c1-3-5-11(13)15-17-12(16)14-10-7-4-6-9(2)8-10/h4,6-8H,3,5H2,1-2H3,(H,14,16)/b15-11-. The second kappa shape index (κ2) is 6.91. The van der Waals surface area contributed by atoms with Gasteiger partial charge in [0.1, 0.15) is 5.17 Å². The third-order valence-electron chi connectivity index (χ3n) is 1.95. The van der Waals surface area contributed by atoms with Crippen LogP contribution < -0.4 is 5.32 Å². The fourth-order valence-electron chi connectivity index (χ4n) is 1.21. The summed E-state index contributed by atoms with van der Waals surface area (Å²) in [5.74, 6) is 0. The Morgan fingerprint density at radius 2 is 2.29 bits per heavy atom. The Morgan fingerprint density at radius 1 is 1.53 bits per heavy atom. The first-order valence-electron chi connectivity index (χ1n) is 5.39. The van der Waals surface area contributed by atoms with Crippen LogP contribution >= 0.6 is 11.6 Å². The van der Waals surface area contributed by atoms with Crippen LogP contribution in [0.3, 0.4) is 0 Å². The molecule has 1 aromatic carbocycles. The molecule has 0 aromatic heterocycles. The Bertz CT molecular complexity index is 419. The van der Waals surface area contributed by atoms with Gasteiger partial charge in [-0.25, -0.2) is 4.79 Å². The highest BCUT2D eigenvalue weighted by Crippen LogP contribution is 2.09. The predicted molar refractivity (Wildman–Crippen MR) is 69.5 cm³/mol. The second-order valence-electron chi connectivity index (χ2n) is 3.59. The Labute approximate surface area is 106 Å². The molecule has 0 aliphatic heterocycles. The Hall–Kier alpha value is -1.55. The first-order valence-corrected chi connectivity index (χ1v) is 5.76. The van der Waals surface area contributed by atoms with E-state index in [1.807, 2.05) is 32.0 Å². The van der Waals surface area contributed by atoms with Crippen molar-refractivity contribution in [3.8, 4) is 0 Å². The summed E-state index contributed by atoms with van der Waals surface area (Å²) in [5, 5.41) is 6.34. The lowest BCUT2D eigenvalue weighted by Crippen LogP contribution is -2.11. The van der Waals surface area contributed by atoms with E-state index in [-0.39, 0.29) is 5.17 Å². The minimum absolute atomic E-state index is 0.284. The summed E-state index contributed by atoms with van der Waals surface area (Å²) in [5.41, 5.74) is 1.71. The first kappa shape index (κ1) is 13.5. The number of rotatable bonds is 4. The van der Waals surface area contributed by atoms with E-state index in [2.05, 4.69) is 15.3 Å². The first-order chi connectivity index (χ1) is 8.11. The molecule has 0 saturated carbocycles. The van der Waals surface area contributed by atoms with Gasteiger partial charge in [-0.1, -0.05) is 35.8 Å². The van der Waals surface area contributed by atoms with E-state index < -0.39 is 6.09 Å². The van der Waals surface area contributed by atoms with Gasteiger partial charge in [0.2, 0.25) is 0 Å². The van der Waals surface area contributed by atoms with Crippen LogP contribution in [-0.4, -0.2) is 11.3 Å². The molecule has 1 aromatic rings. The molecule has 1 N–H and O–H groups in total. The molecular formula is C12H15ClN2O2. The zero-order chi connectivity index (χ0) is 12.7. The maximum atomic E-state index is 11.3. The molecule has 0 radical (unpaired) electrons. The van der Waals surface area contributed by atoms with E-state index in [4.69, 9.17) is 11.6 Å². The number of carbonyl (C=O) groups excluding carboxylic acids is 1. The van der Waals surface area contributed by atoms with E-state index in [1.165, 1.54) is 0 Å². The highest BCUT2D eigenvalue weighted by Gasteiger charge is 2.03. The van der Waals surface area contributed by atoms with E-state index in [1.54, 1.807) is 6.07 Å². The molecule has 0 spiro atoms. The van der Waals surface area contributed by atoms with Crippen molar-refractivity contribution in [2.24, 2.45) is 5.16 Å². The summed E-state index contributed by atoms with van der Waals surface area (Å²) in [7, 11) is 0. The SMILES string of the molecule is CCC/C(Cl)=N/OC(=O)Nc1cccc(C)c1. The zero-order valence-corrected chi connectivity index (χ0v) is 10.6. The van der Waals surface area contributed by atoms with Crippen LogP contribution in [0.5, 0.6) is 0 Å². The fourth-order valence-corrected chi connectivity index (χ4v) is 1.43. The maximum Gasteiger partial charge on any atom is 0.437 e. The monoisotopic (exact) mass is 254 g/mol. The minimum Gasteiger partial charge on any atom is -0.297 e. The number of aryl methyl sites for hydroxylation is 1. The van der Waals surface area contributed by atoms with Gasteiger partial charge in [0, 0.05) is 12.1 Å². The van der Waals surface area contributed by atoms with Crippen LogP contribution in [0, 0.1) is 6.92 Å². The van der Waals surface area contributed by atoms with E-state index in [0.717, 1.165) is 12.0 Å². The van der Waals surface area contributed by atoms with E-state index in [0.29, 0.717) is 12.1 Å². The predicted octanol–water partition coefficient (Wildman–Crippen LogP) is 3.90. The van der Waals surface area contributed by atoms with Crippen molar-refractivity contribution in [3.63, 3.8) is 0 Å². The van der Waals surface area contributed by atoms with Gasteiger partial charge in [0.25, 0.3) is 0 Å². The molecule has 92 valence electrons. The summed E-state index contributed by atoms with van der Waals surface area (Å²) in [6, 6.07) is 7.38. The van der Waals surface area contributed by atoms with Crippen LogP contribution in [0.15, 0.2) is 29.4 Å². The molecule has 4 nitrogen and oxygen atoms in total. The van der Waals surface area contributed by atoms with Crippen LogP contribution in [0.2, 0.25) is 0 Å². The average molecular weight is 255 g/mol. The lowest BCUT2D eigenvalue weighted by atomic mass is 10.2. The number of anilines is 1. The van der Waals surface area contributed by atoms with Crippen molar-refractivity contribution in [3.05, 3.63) is 29.8 Å². The molecule has 1 rings (SSSR count). The van der Waals surface area contributed by atoms with Crippen molar-refractivity contribution in [1.82, 2.24) is 0 Å². The molecule has 0 aliphatic carbocycles. The number of carbonyl (C=O) groups is 1. The van der Waals surface area contributed by atoms with Gasteiger partial charge in [-0.2, -0.15) is 0 Å². The molecule has 5 heteroatoms. The topological polar surface area (TPSA) is 50.7 Å². The molecule has 0 atom stereocenters. The Kier molecular flexibility index (Phi) is 5.49. The second-order valence-corrected chi connectivity index (χ2v) is 4.03. The van der Waals surface area contributed by atoms with Crippen molar-refractivity contribution >= 4 is 28.6 Å². The molecule has 0 fully saturated rings. The normalized spacial score (nSPS) is 11.1. The lowest BCUT2D eigenvalue weighted by Gasteiger charge is -2.03. The minimum atomic E-state index is -0.648. The van der Waals surface area contributed by atoms with Crippen molar-refractivity contribution in [1.29, 1.82) is 0 Å². The van der Waals surface area contributed by atoms with Crippen molar-refractivity contribution in [2.45, 2.75) is 26.7 Å². The number of halogens is 1. The molecule has 1 amide bonds. The molecule has 0 saturated heterocycles. The molecule has 0 unspecified atom stereocenters. The smallest absolute Gasteiger partial charge is 0.297 e. The Balaban J connectivity index is 2.47. The number of nitrogens with one attached hydrogen (secondary N) is 1. The van der Waals surface area contributed by atoms with Gasteiger partial charge in [-0.05, 0) is 31.0 Å². The molecule has 0 aliphatic rings. The summed E-state index contributed by atoms with van der Waals surface area (Å²) in [4.78, 5) is 15.9. The number of hydrogen-bond donors (Lipinski definition) is 1. The van der Waals surface area contributed by atoms with Crippen molar-refractivity contribution in [2.75, 3.05) is 5.32 Å². The quantitative estimate of drug-likeness (QED) is 0.503. The molecular weight excluding hydrogens is 240 g/mol. The van der Waals surface area contributed by atoms with Gasteiger partial charge in [-0.15, -0.1) is 0 Å². The van der Waals surface area contributed by atoms with Crippen LogP contribution in [0.1, 0.15) is 25.3 Å².